The fourth-order valence-corrected chi connectivity index (χ4v) is 3.63. The van der Waals surface area contributed by atoms with Crippen LogP contribution in [0, 0.1) is 0 Å². The van der Waals surface area contributed by atoms with E-state index in [2.05, 4.69) is 29.8 Å². The third-order valence-electron chi connectivity index (χ3n) is 4.32. The Labute approximate surface area is 121 Å². The van der Waals surface area contributed by atoms with Crippen LogP contribution in [0.4, 0.5) is 0 Å². The number of nitrogens with one attached hydrogen (secondary N) is 1. The summed E-state index contributed by atoms with van der Waals surface area (Å²) in [7, 11) is 1.88. The van der Waals surface area contributed by atoms with Crippen molar-refractivity contribution in [3.63, 3.8) is 0 Å². The summed E-state index contributed by atoms with van der Waals surface area (Å²) in [5.41, 5.74) is 0.181. The molecule has 108 valence electrons. The minimum Gasteiger partial charge on any atom is -0.378 e. The predicted molar refractivity (Wildman–Crippen MR) is 82.9 cm³/mol. The lowest BCUT2D eigenvalue weighted by Crippen LogP contribution is -2.46. The van der Waals surface area contributed by atoms with E-state index < -0.39 is 0 Å². The quantitative estimate of drug-likeness (QED) is 0.738. The molecule has 19 heavy (non-hydrogen) atoms. The highest BCUT2D eigenvalue weighted by atomic mass is 32.1. The molecule has 2 nitrogen and oxygen atoms in total. The summed E-state index contributed by atoms with van der Waals surface area (Å²) in [6.45, 7) is 3.35. The van der Waals surface area contributed by atoms with Crippen molar-refractivity contribution < 1.29 is 4.74 Å². The summed E-state index contributed by atoms with van der Waals surface area (Å²) in [5.74, 6) is 0. The maximum atomic E-state index is 5.78. The van der Waals surface area contributed by atoms with Gasteiger partial charge in [0.1, 0.15) is 0 Å². The molecule has 3 heteroatoms. The largest absolute Gasteiger partial charge is 0.378 e. The molecule has 0 spiro atoms. The first-order chi connectivity index (χ1) is 9.28. The van der Waals surface area contributed by atoms with Gasteiger partial charge in [0.25, 0.3) is 0 Å². The van der Waals surface area contributed by atoms with Gasteiger partial charge in [-0.25, -0.2) is 0 Å². The lowest BCUT2D eigenvalue weighted by Gasteiger charge is -2.43. The number of ether oxygens (including phenoxy) is 1. The lowest BCUT2D eigenvalue weighted by molar-refractivity contribution is -0.0838. The first kappa shape index (κ1) is 15.0. The van der Waals surface area contributed by atoms with Crippen molar-refractivity contribution >= 4 is 11.3 Å². The monoisotopic (exact) mass is 281 g/mol. The van der Waals surface area contributed by atoms with E-state index in [1.54, 1.807) is 0 Å². The molecular formula is C16H27NOS. The molecular weight excluding hydrogens is 254 g/mol. The summed E-state index contributed by atoms with van der Waals surface area (Å²) in [4.78, 5) is 1.50. The zero-order valence-electron chi connectivity index (χ0n) is 12.3. The standard InChI is InChI=1S/C16H27NOS/c1-3-11-17-14(7-8-15-6-4-12-19-15)13-16(18-2)9-5-10-16/h4,6,12,14,17H,3,5,7-11,13H2,1-2H3. The van der Waals surface area contributed by atoms with Crippen molar-refractivity contribution in [2.24, 2.45) is 0 Å². The number of hydrogen-bond donors (Lipinski definition) is 1. The van der Waals surface area contributed by atoms with Gasteiger partial charge in [-0.3, -0.25) is 0 Å². The van der Waals surface area contributed by atoms with Crippen LogP contribution in [-0.2, 0) is 11.2 Å². The van der Waals surface area contributed by atoms with Gasteiger partial charge in [-0.2, -0.15) is 0 Å². The number of aryl methyl sites for hydroxylation is 1. The Kier molecular flexibility index (Phi) is 5.86. The Morgan fingerprint density at radius 2 is 2.32 bits per heavy atom. The van der Waals surface area contributed by atoms with Gasteiger partial charge in [-0.05, 0) is 62.9 Å². The Morgan fingerprint density at radius 3 is 2.84 bits per heavy atom. The molecule has 1 aliphatic carbocycles. The number of thiophene rings is 1. The molecule has 1 heterocycles. The van der Waals surface area contributed by atoms with Crippen LogP contribution < -0.4 is 5.32 Å². The predicted octanol–water partition coefficient (Wildman–Crippen LogP) is 4.01. The van der Waals surface area contributed by atoms with Crippen molar-refractivity contribution in [3.05, 3.63) is 22.4 Å². The molecule has 1 aromatic heterocycles. The van der Waals surface area contributed by atoms with Crippen molar-refractivity contribution in [2.45, 2.75) is 63.5 Å². The van der Waals surface area contributed by atoms with E-state index in [9.17, 15) is 0 Å². The lowest BCUT2D eigenvalue weighted by atomic mass is 9.75. The van der Waals surface area contributed by atoms with Crippen molar-refractivity contribution in [3.8, 4) is 0 Å². The second-order valence-corrected chi connectivity index (χ2v) is 6.75. The maximum Gasteiger partial charge on any atom is 0.0693 e. The van der Waals surface area contributed by atoms with E-state index >= 15 is 0 Å². The molecule has 1 unspecified atom stereocenters. The Morgan fingerprint density at radius 1 is 1.47 bits per heavy atom. The van der Waals surface area contributed by atoms with E-state index in [0.717, 1.165) is 6.54 Å². The molecule has 0 radical (unpaired) electrons. The molecule has 1 aromatic rings. The van der Waals surface area contributed by atoms with Gasteiger partial charge in [0.15, 0.2) is 0 Å². The van der Waals surface area contributed by atoms with Crippen molar-refractivity contribution in [2.75, 3.05) is 13.7 Å². The first-order valence-electron chi connectivity index (χ1n) is 7.59. The van der Waals surface area contributed by atoms with Gasteiger partial charge in [0, 0.05) is 18.0 Å². The van der Waals surface area contributed by atoms with Crippen LogP contribution in [0.5, 0.6) is 0 Å². The molecule has 2 rings (SSSR count). The SMILES string of the molecule is CCCNC(CCc1cccs1)CC1(OC)CCC1. The van der Waals surface area contributed by atoms with E-state index in [4.69, 9.17) is 4.74 Å². The number of hydrogen-bond acceptors (Lipinski definition) is 3. The van der Waals surface area contributed by atoms with Gasteiger partial charge in [-0.15, -0.1) is 11.3 Å². The highest BCUT2D eigenvalue weighted by Gasteiger charge is 2.38. The highest BCUT2D eigenvalue weighted by Crippen LogP contribution is 2.39. The van der Waals surface area contributed by atoms with Gasteiger partial charge in [-0.1, -0.05) is 13.0 Å². The van der Waals surface area contributed by atoms with Gasteiger partial charge >= 0.3 is 0 Å². The second kappa shape index (κ2) is 7.41. The van der Waals surface area contributed by atoms with E-state index in [1.807, 2.05) is 18.4 Å². The normalized spacial score (nSPS) is 19.1. The molecule has 0 saturated heterocycles. The van der Waals surface area contributed by atoms with Crippen molar-refractivity contribution in [1.82, 2.24) is 5.32 Å². The summed E-state index contributed by atoms with van der Waals surface area (Å²) in [6.07, 6.45) is 8.62. The summed E-state index contributed by atoms with van der Waals surface area (Å²) >= 11 is 1.87. The van der Waals surface area contributed by atoms with Crippen molar-refractivity contribution in [1.29, 1.82) is 0 Å². The van der Waals surface area contributed by atoms with Crippen LogP contribution >= 0.6 is 11.3 Å². The van der Waals surface area contributed by atoms with Crippen LogP contribution in [0.15, 0.2) is 17.5 Å². The fraction of sp³-hybridized carbons (Fsp3) is 0.750. The smallest absolute Gasteiger partial charge is 0.0693 e. The second-order valence-electron chi connectivity index (χ2n) is 5.71. The zero-order chi connectivity index (χ0) is 13.6. The van der Waals surface area contributed by atoms with Gasteiger partial charge in [0.05, 0.1) is 5.60 Å². The van der Waals surface area contributed by atoms with Crippen LogP contribution in [0.3, 0.4) is 0 Å². The summed E-state index contributed by atoms with van der Waals surface area (Å²) in [5, 5.41) is 5.89. The Bertz CT molecular complexity index is 340. The van der Waals surface area contributed by atoms with Crippen LogP contribution in [-0.4, -0.2) is 25.3 Å². The van der Waals surface area contributed by atoms with E-state index in [1.165, 1.54) is 49.8 Å². The molecule has 0 amide bonds. The first-order valence-corrected chi connectivity index (χ1v) is 8.47. The molecule has 1 atom stereocenters. The minimum atomic E-state index is 0.181. The van der Waals surface area contributed by atoms with Crippen LogP contribution in [0.1, 0.15) is 50.3 Å². The van der Waals surface area contributed by atoms with Gasteiger partial charge < -0.3 is 10.1 Å². The third-order valence-corrected chi connectivity index (χ3v) is 5.25. The topological polar surface area (TPSA) is 21.3 Å². The fourth-order valence-electron chi connectivity index (χ4n) is 2.91. The van der Waals surface area contributed by atoms with Gasteiger partial charge in [0.2, 0.25) is 0 Å². The van der Waals surface area contributed by atoms with Crippen LogP contribution in [0.2, 0.25) is 0 Å². The molecule has 1 saturated carbocycles. The Balaban J connectivity index is 1.83. The Hall–Kier alpha value is -0.380. The number of rotatable bonds is 9. The molecule has 1 N–H and O–H groups in total. The zero-order valence-corrected chi connectivity index (χ0v) is 13.1. The third kappa shape index (κ3) is 4.30. The average molecular weight is 281 g/mol. The van der Waals surface area contributed by atoms with Crippen LogP contribution in [0.25, 0.3) is 0 Å². The molecule has 0 aromatic carbocycles. The van der Waals surface area contributed by atoms with E-state index in [-0.39, 0.29) is 5.60 Å². The maximum absolute atomic E-state index is 5.78. The molecule has 1 fully saturated rings. The van der Waals surface area contributed by atoms with E-state index in [0.29, 0.717) is 6.04 Å². The minimum absolute atomic E-state index is 0.181. The number of methoxy groups -OCH3 is 1. The molecule has 1 aliphatic rings. The highest BCUT2D eigenvalue weighted by molar-refractivity contribution is 7.09. The molecule has 0 aliphatic heterocycles. The molecule has 0 bridgehead atoms. The average Bonchev–Trinajstić information content (AvgIpc) is 2.89. The summed E-state index contributed by atoms with van der Waals surface area (Å²) < 4.78 is 5.78. The summed E-state index contributed by atoms with van der Waals surface area (Å²) in [6, 6.07) is 5.00.